The lowest BCUT2D eigenvalue weighted by atomic mass is 10.1. The molecule has 3 nitrogen and oxygen atoms in total. The Morgan fingerprint density at radius 3 is 2.54 bits per heavy atom. The highest BCUT2D eigenvalue weighted by molar-refractivity contribution is 5.85. The molecule has 1 N–H and O–H groups in total. The molecule has 0 aromatic carbocycles. The summed E-state index contributed by atoms with van der Waals surface area (Å²) in [6.45, 7) is 1.89. The fourth-order valence-electron chi connectivity index (χ4n) is 1.80. The number of rotatable bonds is 2. The van der Waals surface area contributed by atoms with Crippen molar-refractivity contribution in [2.75, 3.05) is 20.1 Å². The average molecular weight is 205 g/mol. The van der Waals surface area contributed by atoms with Crippen LogP contribution in [-0.4, -0.2) is 37.0 Å². The Labute approximate surface area is 85.3 Å². The highest BCUT2D eigenvalue weighted by Crippen LogP contribution is 2.27. The number of halogens is 1. The van der Waals surface area contributed by atoms with Crippen LogP contribution in [0.25, 0.3) is 0 Å². The maximum absolute atomic E-state index is 11.7. The Kier molecular flexibility index (Phi) is 3.56. The van der Waals surface area contributed by atoms with E-state index >= 15 is 0 Å². The van der Waals surface area contributed by atoms with Crippen LogP contribution in [0.4, 0.5) is 0 Å². The van der Waals surface area contributed by atoms with Crippen LogP contribution in [0.5, 0.6) is 0 Å². The van der Waals surface area contributed by atoms with E-state index in [9.17, 15) is 4.79 Å². The number of nitrogens with one attached hydrogen (secondary N) is 1. The van der Waals surface area contributed by atoms with Gasteiger partial charge in [0.15, 0.2) is 0 Å². The molecule has 0 aromatic heterocycles. The van der Waals surface area contributed by atoms with Crippen molar-refractivity contribution in [3.8, 4) is 0 Å². The van der Waals surface area contributed by atoms with Gasteiger partial charge in [-0.15, -0.1) is 12.4 Å². The normalized spacial score (nSPS) is 26.7. The molecule has 1 aliphatic heterocycles. The van der Waals surface area contributed by atoms with Gasteiger partial charge < -0.3 is 10.2 Å². The predicted molar refractivity (Wildman–Crippen MR) is 54.0 cm³/mol. The van der Waals surface area contributed by atoms with Gasteiger partial charge in [0.05, 0.1) is 5.92 Å². The van der Waals surface area contributed by atoms with Gasteiger partial charge in [0, 0.05) is 19.6 Å². The van der Waals surface area contributed by atoms with Gasteiger partial charge in [-0.3, -0.25) is 4.79 Å². The Morgan fingerprint density at radius 1 is 1.38 bits per heavy atom. The van der Waals surface area contributed by atoms with Crippen LogP contribution in [0.15, 0.2) is 0 Å². The van der Waals surface area contributed by atoms with Gasteiger partial charge >= 0.3 is 0 Å². The third-order valence-corrected chi connectivity index (χ3v) is 2.85. The topological polar surface area (TPSA) is 32.3 Å². The number of nitrogens with zero attached hydrogens (tertiary/aromatic N) is 1. The van der Waals surface area contributed by atoms with Crippen molar-refractivity contribution < 1.29 is 4.79 Å². The lowest BCUT2D eigenvalue weighted by Crippen LogP contribution is -2.35. The monoisotopic (exact) mass is 204 g/mol. The van der Waals surface area contributed by atoms with Crippen LogP contribution in [-0.2, 0) is 4.79 Å². The third-order valence-electron chi connectivity index (χ3n) is 2.85. The van der Waals surface area contributed by atoms with E-state index < -0.39 is 0 Å². The summed E-state index contributed by atoms with van der Waals surface area (Å²) in [7, 11) is 1.94. The summed E-state index contributed by atoms with van der Waals surface area (Å²) in [6, 6.07) is 0.568. The van der Waals surface area contributed by atoms with Gasteiger partial charge in [0.2, 0.25) is 5.91 Å². The molecule has 0 unspecified atom stereocenters. The van der Waals surface area contributed by atoms with Crippen LogP contribution in [0.2, 0.25) is 0 Å². The fourth-order valence-corrected chi connectivity index (χ4v) is 1.80. The van der Waals surface area contributed by atoms with Gasteiger partial charge in [0.1, 0.15) is 0 Å². The molecular weight excluding hydrogens is 188 g/mol. The van der Waals surface area contributed by atoms with Gasteiger partial charge in [-0.05, 0) is 25.8 Å². The Balaban J connectivity index is 0.000000845. The number of amides is 1. The molecule has 1 aliphatic carbocycles. The zero-order valence-corrected chi connectivity index (χ0v) is 8.77. The average Bonchev–Trinajstić information content (AvgIpc) is 2.79. The lowest BCUT2D eigenvalue weighted by molar-refractivity contribution is -0.134. The van der Waals surface area contributed by atoms with Gasteiger partial charge in [-0.1, -0.05) is 0 Å². The van der Waals surface area contributed by atoms with E-state index in [4.69, 9.17) is 0 Å². The minimum Gasteiger partial charge on any atom is -0.342 e. The first-order valence-corrected chi connectivity index (χ1v) is 4.76. The summed E-state index contributed by atoms with van der Waals surface area (Å²) in [5.74, 6) is 0.609. The minimum absolute atomic E-state index is 0. The molecule has 0 spiro atoms. The standard InChI is InChI=1S/C9H16N2O.ClH/c1-11(8-2-3-8)9(12)7-4-5-10-6-7;/h7-8,10H,2-6H2,1H3;1H/t7-;/m1./s1. The molecule has 76 valence electrons. The first-order chi connectivity index (χ1) is 5.79. The molecular formula is C9H17ClN2O. The number of carbonyl (C=O) groups excluding carboxylic acids is 1. The van der Waals surface area contributed by atoms with E-state index in [-0.39, 0.29) is 18.3 Å². The molecule has 2 rings (SSSR count). The number of hydrogen-bond acceptors (Lipinski definition) is 2. The van der Waals surface area contributed by atoms with Crippen molar-refractivity contribution in [3.05, 3.63) is 0 Å². The highest BCUT2D eigenvalue weighted by atomic mass is 35.5. The molecule has 13 heavy (non-hydrogen) atoms. The molecule has 1 saturated carbocycles. The Hall–Kier alpha value is -0.280. The Bertz CT molecular complexity index is 184. The largest absolute Gasteiger partial charge is 0.342 e. The molecule has 1 saturated heterocycles. The van der Waals surface area contributed by atoms with Gasteiger partial charge in [-0.2, -0.15) is 0 Å². The van der Waals surface area contributed by atoms with Crippen molar-refractivity contribution in [2.45, 2.75) is 25.3 Å². The Morgan fingerprint density at radius 2 is 2.08 bits per heavy atom. The second-order valence-electron chi connectivity index (χ2n) is 3.87. The molecule has 1 amide bonds. The van der Waals surface area contributed by atoms with E-state index in [0.29, 0.717) is 11.9 Å². The quantitative estimate of drug-likeness (QED) is 0.716. The second-order valence-corrected chi connectivity index (χ2v) is 3.87. The van der Waals surface area contributed by atoms with Crippen molar-refractivity contribution in [1.82, 2.24) is 10.2 Å². The van der Waals surface area contributed by atoms with Crippen LogP contribution >= 0.6 is 12.4 Å². The highest BCUT2D eigenvalue weighted by Gasteiger charge is 2.33. The molecule has 1 heterocycles. The van der Waals surface area contributed by atoms with Crippen LogP contribution < -0.4 is 5.32 Å². The van der Waals surface area contributed by atoms with Crippen molar-refractivity contribution in [3.63, 3.8) is 0 Å². The van der Waals surface area contributed by atoms with Crippen LogP contribution in [0, 0.1) is 5.92 Å². The summed E-state index contributed by atoms with van der Waals surface area (Å²) in [4.78, 5) is 13.7. The lowest BCUT2D eigenvalue weighted by Gasteiger charge is -2.19. The molecule has 0 radical (unpaired) electrons. The molecule has 2 fully saturated rings. The minimum atomic E-state index is 0. The first-order valence-electron chi connectivity index (χ1n) is 4.76. The summed E-state index contributed by atoms with van der Waals surface area (Å²) >= 11 is 0. The molecule has 1 atom stereocenters. The SMILES string of the molecule is CN(C(=O)[C@@H]1CCNC1)C1CC1.Cl. The zero-order valence-electron chi connectivity index (χ0n) is 7.95. The fraction of sp³-hybridized carbons (Fsp3) is 0.889. The van der Waals surface area contributed by atoms with Crippen molar-refractivity contribution in [2.24, 2.45) is 5.92 Å². The summed E-state index contributed by atoms with van der Waals surface area (Å²) < 4.78 is 0. The molecule has 0 aromatic rings. The molecule has 0 bridgehead atoms. The van der Waals surface area contributed by atoms with E-state index in [1.54, 1.807) is 0 Å². The predicted octanol–water partition coefficient (Wildman–Crippen LogP) is 0.638. The van der Waals surface area contributed by atoms with Crippen LogP contribution in [0.3, 0.4) is 0 Å². The van der Waals surface area contributed by atoms with Gasteiger partial charge in [-0.25, -0.2) is 0 Å². The number of hydrogen-bond donors (Lipinski definition) is 1. The zero-order chi connectivity index (χ0) is 8.55. The van der Waals surface area contributed by atoms with E-state index in [2.05, 4.69) is 5.32 Å². The van der Waals surface area contributed by atoms with Crippen LogP contribution in [0.1, 0.15) is 19.3 Å². The second kappa shape index (κ2) is 4.29. The van der Waals surface area contributed by atoms with Crippen molar-refractivity contribution >= 4 is 18.3 Å². The smallest absolute Gasteiger partial charge is 0.227 e. The summed E-state index contributed by atoms with van der Waals surface area (Å²) in [5.41, 5.74) is 0. The summed E-state index contributed by atoms with van der Waals surface area (Å²) in [5, 5.41) is 3.22. The van der Waals surface area contributed by atoms with E-state index in [1.807, 2.05) is 11.9 Å². The van der Waals surface area contributed by atoms with E-state index in [1.165, 1.54) is 12.8 Å². The van der Waals surface area contributed by atoms with Crippen molar-refractivity contribution in [1.29, 1.82) is 0 Å². The first kappa shape index (κ1) is 10.8. The molecule has 4 heteroatoms. The van der Waals surface area contributed by atoms with Gasteiger partial charge in [0.25, 0.3) is 0 Å². The number of carbonyl (C=O) groups is 1. The maximum Gasteiger partial charge on any atom is 0.227 e. The summed E-state index contributed by atoms with van der Waals surface area (Å²) in [6.07, 6.45) is 3.45. The third kappa shape index (κ3) is 2.35. The van der Waals surface area contributed by atoms with E-state index in [0.717, 1.165) is 19.5 Å². The molecule has 2 aliphatic rings. The maximum atomic E-state index is 11.7.